The summed E-state index contributed by atoms with van der Waals surface area (Å²) in [5.41, 5.74) is 24.9. The van der Waals surface area contributed by atoms with Crippen molar-refractivity contribution in [1.29, 1.82) is 0 Å². The van der Waals surface area contributed by atoms with Crippen LogP contribution < -0.4 is 4.90 Å². The molecule has 1 spiro atoms. The first kappa shape index (κ1) is 44.6. The number of benzene rings is 13. The van der Waals surface area contributed by atoms with Crippen LogP contribution in [0.5, 0.6) is 0 Å². The van der Waals surface area contributed by atoms with Gasteiger partial charge in [0.15, 0.2) is 0 Å². The first-order valence-corrected chi connectivity index (χ1v) is 27.8. The van der Waals surface area contributed by atoms with Crippen LogP contribution in [0.4, 0.5) is 17.1 Å². The molecule has 15 aromatic rings. The van der Waals surface area contributed by atoms with Gasteiger partial charge in [0.05, 0.1) is 44.5 Å². The van der Waals surface area contributed by atoms with Crippen molar-refractivity contribution >= 4 is 71.4 Å². The lowest BCUT2D eigenvalue weighted by atomic mass is 9.65. The molecular formula is C77H49N3. The van der Waals surface area contributed by atoms with Crippen molar-refractivity contribution in [3.63, 3.8) is 0 Å². The van der Waals surface area contributed by atoms with Crippen LogP contribution in [0.15, 0.2) is 297 Å². The van der Waals surface area contributed by atoms with Gasteiger partial charge < -0.3 is 14.0 Å². The highest BCUT2D eigenvalue weighted by Crippen LogP contribution is 2.62. The molecule has 2 aliphatic rings. The summed E-state index contributed by atoms with van der Waals surface area (Å²) in [5.74, 6) is 0. The Hall–Kier alpha value is -10.5. The fourth-order valence-electron chi connectivity index (χ4n) is 14.3. The molecule has 0 amide bonds. The van der Waals surface area contributed by atoms with Crippen LogP contribution in [-0.2, 0) is 5.41 Å². The van der Waals surface area contributed by atoms with Crippen LogP contribution in [0.1, 0.15) is 22.3 Å². The molecule has 2 aromatic heterocycles. The molecule has 0 radical (unpaired) electrons. The van der Waals surface area contributed by atoms with Gasteiger partial charge in [-0.15, -0.1) is 0 Å². The summed E-state index contributed by atoms with van der Waals surface area (Å²) in [6, 6.07) is 111. The second kappa shape index (κ2) is 17.3. The molecule has 3 heterocycles. The van der Waals surface area contributed by atoms with Gasteiger partial charge >= 0.3 is 0 Å². The standard InChI is InChI=1S/C77H49N3/c1-2-21-50(22-3-1)54-23-4-5-24-56(54)60-28-9-15-36-70(60)79(53-44-42-52(43-45-53)78-71-37-16-10-29-62(71)63-30-11-17-38-72(63)78)74-48-47-55(57-25-6-7-27-61(57)74)51-41-46-59-58-26-8-13-33-66(58)77(69(59)49-51)67-34-14-19-40-75(67)80-73-39-18-12-31-64(73)65-32-20-35-68(77)76(65)80/h1-49H. The molecule has 1 aliphatic carbocycles. The maximum absolute atomic E-state index is 2.53. The molecule has 0 fully saturated rings. The molecular weight excluding hydrogens is 967 g/mol. The number of hydrogen-bond donors (Lipinski definition) is 0. The highest BCUT2D eigenvalue weighted by molar-refractivity contribution is 6.14. The minimum absolute atomic E-state index is 0.555. The van der Waals surface area contributed by atoms with E-state index in [1.54, 1.807) is 0 Å². The Bertz CT molecular complexity index is 4970. The molecule has 13 aromatic carbocycles. The molecule has 1 unspecified atom stereocenters. The average molecular weight is 1020 g/mol. The van der Waals surface area contributed by atoms with Gasteiger partial charge in [0.2, 0.25) is 0 Å². The van der Waals surface area contributed by atoms with E-state index in [-0.39, 0.29) is 0 Å². The van der Waals surface area contributed by atoms with Gasteiger partial charge in [-0.3, -0.25) is 0 Å². The van der Waals surface area contributed by atoms with E-state index in [0.717, 1.165) is 28.3 Å². The second-order valence-electron chi connectivity index (χ2n) is 21.5. The van der Waals surface area contributed by atoms with Crippen LogP contribution in [0.3, 0.4) is 0 Å². The molecule has 372 valence electrons. The quantitative estimate of drug-likeness (QED) is 0.155. The zero-order chi connectivity index (χ0) is 52.5. The predicted molar refractivity (Wildman–Crippen MR) is 334 cm³/mol. The minimum Gasteiger partial charge on any atom is -0.309 e. The number of rotatable bonds is 7. The van der Waals surface area contributed by atoms with E-state index in [0.29, 0.717) is 0 Å². The molecule has 0 saturated carbocycles. The summed E-state index contributed by atoms with van der Waals surface area (Å²) < 4.78 is 4.93. The Balaban J connectivity index is 0.882. The van der Waals surface area contributed by atoms with Gasteiger partial charge in [-0.25, -0.2) is 0 Å². The second-order valence-corrected chi connectivity index (χ2v) is 21.5. The van der Waals surface area contributed by atoms with Crippen molar-refractivity contribution in [3.05, 3.63) is 320 Å². The number of fused-ring (bicyclic) bond motifs is 16. The Morgan fingerprint density at radius 3 is 1.54 bits per heavy atom. The van der Waals surface area contributed by atoms with Crippen molar-refractivity contribution in [2.45, 2.75) is 5.41 Å². The average Bonchev–Trinajstić information content (AvgIpc) is 4.33. The lowest BCUT2D eigenvalue weighted by Gasteiger charge is -2.39. The van der Waals surface area contributed by atoms with E-state index >= 15 is 0 Å². The Morgan fingerprint density at radius 2 is 0.787 bits per heavy atom. The Kier molecular flexibility index (Phi) is 9.63. The van der Waals surface area contributed by atoms with Crippen LogP contribution in [0, 0.1) is 0 Å². The lowest BCUT2D eigenvalue weighted by Crippen LogP contribution is -2.33. The first-order chi connectivity index (χ1) is 39.7. The summed E-state index contributed by atoms with van der Waals surface area (Å²) in [5, 5.41) is 7.41. The molecule has 0 saturated heterocycles. The summed E-state index contributed by atoms with van der Waals surface area (Å²) in [4.78, 5) is 2.49. The molecule has 1 atom stereocenters. The van der Waals surface area contributed by atoms with Gasteiger partial charge in [0.25, 0.3) is 0 Å². The smallest absolute Gasteiger partial charge is 0.0754 e. The molecule has 3 nitrogen and oxygen atoms in total. The number of nitrogens with zero attached hydrogens (tertiary/aromatic N) is 3. The summed E-state index contributed by atoms with van der Waals surface area (Å²) in [6.45, 7) is 0. The maximum Gasteiger partial charge on any atom is 0.0754 e. The highest BCUT2D eigenvalue weighted by atomic mass is 15.1. The third-order valence-electron chi connectivity index (χ3n) is 17.5. The molecule has 0 N–H and O–H groups in total. The van der Waals surface area contributed by atoms with Crippen LogP contribution in [0.25, 0.3) is 110 Å². The normalized spacial score (nSPS) is 14.1. The summed E-state index contributed by atoms with van der Waals surface area (Å²) in [6.07, 6.45) is 0. The van der Waals surface area contributed by atoms with E-state index in [1.807, 2.05) is 0 Å². The molecule has 17 rings (SSSR count). The monoisotopic (exact) mass is 1020 g/mol. The van der Waals surface area contributed by atoms with Gasteiger partial charge in [0.1, 0.15) is 0 Å². The van der Waals surface area contributed by atoms with E-state index < -0.39 is 5.41 Å². The number of aromatic nitrogens is 2. The lowest BCUT2D eigenvalue weighted by molar-refractivity contribution is 0.749. The number of hydrogen-bond acceptors (Lipinski definition) is 1. The fourth-order valence-corrected chi connectivity index (χ4v) is 14.3. The molecule has 80 heavy (non-hydrogen) atoms. The van der Waals surface area contributed by atoms with Crippen LogP contribution >= 0.6 is 0 Å². The first-order valence-electron chi connectivity index (χ1n) is 27.8. The van der Waals surface area contributed by atoms with Crippen LogP contribution in [-0.4, -0.2) is 9.13 Å². The van der Waals surface area contributed by atoms with Crippen molar-refractivity contribution in [3.8, 4) is 55.9 Å². The van der Waals surface area contributed by atoms with Crippen molar-refractivity contribution in [2.75, 3.05) is 4.90 Å². The molecule has 0 bridgehead atoms. The van der Waals surface area contributed by atoms with Gasteiger partial charge in [-0.1, -0.05) is 231 Å². The van der Waals surface area contributed by atoms with E-state index in [2.05, 4.69) is 311 Å². The van der Waals surface area contributed by atoms with E-state index in [1.165, 1.54) is 121 Å². The number of anilines is 3. The molecule has 3 heteroatoms. The summed E-state index contributed by atoms with van der Waals surface area (Å²) in [7, 11) is 0. The van der Waals surface area contributed by atoms with Crippen LogP contribution in [0.2, 0.25) is 0 Å². The molecule has 1 aliphatic heterocycles. The topological polar surface area (TPSA) is 13.1 Å². The third-order valence-corrected chi connectivity index (χ3v) is 17.5. The Morgan fingerprint density at radius 1 is 0.263 bits per heavy atom. The van der Waals surface area contributed by atoms with Crippen molar-refractivity contribution < 1.29 is 0 Å². The third kappa shape index (κ3) is 6.20. The zero-order valence-electron chi connectivity index (χ0n) is 43.6. The Labute approximate surface area is 463 Å². The maximum atomic E-state index is 2.53. The predicted octanol–water partition coefficient (Wildman–Crippen LogP) is 20.2. The summed E-state index contributed by atoms with van der Waals surface area (Å²) >= 11 is 0. The van der Waals surface area contributed by atoms with Gasteiger partial charge in [-0.05, 0) is 133 Å². The minimum atomic E-state index is -0.555. The van der Waals surface area contributed by atoms with Gasteiger partial charge in [0, 0.05) is 43.9 Å². The van der Waals surface area contributed by atoms with Crippen molar-refractivity contribution in [2.24, 2.45) is 0 Å². The highest BCUT2D eigenvalue weighted by Gasteiger charge is 2.51. The number of para-hydroxylation sites is 6. The fraction of sp³-hybridized carbons (Fsp3) is 0.0130. The van der Waals surface area contributed by atoms with Crippen molar-refractivity contribution in [1.82, 2.24) is 9.13 Å². The van der Waals surface area contributed by atoms with E-state index in [4.69, 9.17) is 0 Å². The van der Waals surface area contributed by atoms with E-state index in [9.17, 15) is 0 Å². The zero-order valence-corrected chi connectivity index (χ0v) is 43.6. The van der Waals surface area contributed by atoms with Gasteiger partial charge in [-0.2, -0.15) is 0 Å². The SMILES string of the molecule is c1ccc(-c2ccccc2-c2ccccc2N(c2ccc(-n3c4ccccc4c4ccccc43)cc2)c2ccc(-c3ccc4c(c3)C3(c5ccccc5-4)c4ccccc4-n4c5ccccc5c5cccc3c54)c3ccccc23)cc1. The largest absolute Gasteiger partial charge is 0.309 e.